The molecule has 17 heavy (non-hydrogen) atoms. The molecule has 1 N–H and O–H groups in total. The lowest BCUT2D eigenvalue weighted by Crippen LogP contribution is -2.05. The molecule has 7 heteroatoms. The van der Waals surface area contributed by atoms with E-state index in [9.17, 15) is 4.79 Å². The van der Waals surface area contributed by atoms with Crippen LogP contribution in [0.1, 0.15) is 35.5 Å². The molecular weight excluding hydrogens is 224 g/mol. The maximum absolute atomic E-state index is 10.6. The summed E-state index contributed by atoms with van der Waals surface area (Å²) in [5.74, 6) is 0.0325. The summed E-state index contributed by atoms with van der Waals surface area (Å²) < 4.78 is 6.48. The monoisotopic (exact) mass is 236 g/mol. The van der Waals surface area contributed by atoms with Crippen LogP contribution in [0.15, 0.2) is 16.8 Å². The van der Waals surface area contributed by atoms with Gasteiger partial charge in [-0.2, -0.15) is 10.1 Å². The first kappa shape index (κ1) is 11.3. The quantitative estimate of drug-likeness (QED) is 0.831. The van der Waals surface area contributed by atoms with Crippen molar-refractivity contribution in [2.45, 2.75) is 26.3 Å². The summed E-state index contributed by atoms with van der Waals surface area (Å²) in [6.07, 6.45) is 3.25. The molecule has 2 heterocycles. The van der Waals surface area contributed by atoms with Crippen molar-refractivity contribution in [2.24, 2.45) is 0 Å². The van der Waals surface area contributed by atoms with E-state index in [1.807, 2.05) is 6.92 Å². The number of aromatic nitrogens is 4. The standard InChI is InChI=1S/C10H12N4O3/c1-2-3-9-11-8(13-17-9)6-14-5-4-7(12-14)10(15)16/h4-5H,2-3,6H2,1H3,(H,15,16). The number of carboxylic acid groups (broad SMARTS) is 1. The third kappa shape index (κ3) is 2.68. The van der Waals surface area contributed by atoms with E-state index in [4.69, 9.17) is 9.63 Å². The Balaban J connectivity index is 2.05. The van der Waals surface area contributed by atoms with Crippen molar-refractivity contribution in [1.29, 1.82) is 0 Å². The van der Waals surface area contributed by atoms with E-state index in [0.29, 0.717) is 18.3 Å². The number of aromatic carboxylic acids is 1. The molecule has 0 bridgehead atoms. The van der Waals surface area contributed by atoms with Gasteiger partial charge in [0.25, 0.3) is 0 Å². The Morgan fingerprint density at radius 2 is 2.41 bits per heavy atom. The zero-order valence-electron chi connectivity index (χ0n) is 9.33. The van der Waals surface area contributed by atoms with Crippen molar-refractivity contribution >= 4 is 5.97 Å². The van der Waals surface area contributed by atoms with Gasteiger partial charge in [0.05, 0.1) is 0 Å². The number of hydrogen-bond acceptors (Lipinski definition) is 5. The van der Waals surface area contributed by atoms with Gasteiger partial charge in [-0.25, -0.2) is 4.79 Å². The highest BCUT2D eigenvalue weighted by Gasteiger charge is 2.09. The Bertz CT molecular complexity index is 517. The first-order valence-corrected chi connectivity index (χ1v) is 5.27. The Labute approximate surface area is 97.1 Å². The molecule has 2 aromatic heterocycles. The van der Waals surface area contributed by atoms with Crippen LogP contribution in [-0.4, -0.2) is 31.0 Å². The predicted octanol–water partition coefficient (Wildman–Crippen LogP) is 0.965. The van der Waals surface area contributed by atoms with E-state index in [2.05, 4.69) is 15.2 Å². The third-order valence-corrected chi connectivity index (χ3v) is 2.14. The van der Waals surface area contributed by atoms with Gasteiger partial charge in [-0.1, -0.05) is 12.1 Å². The average molecular weight is 236 g/mol. The molecule has 0 atom stereocenters. The van der Waals surface area contributed by atoms with Crippen LogP contribution in [0.25, 0.3) is 0 Å². The van der Waals surface area contributed by atoms with Gasteiger partial charge >= 0.3 is 5.97 Å². The molecule has 2 aromatic rings. The van der Waals surface area contributed by atoms with Gasteiger partial charge in [-0.15, -0.1) is 0 Å². The van der Waals surface area contributed by atoms with E-state index < -0.39 is 5.97 Å². The summed E-state index contributed by atoms with van der Waals surface area (Å²) in [7, 11) is 0. The summed E-state index contributed by atoms with van der Waals surface area (Å²) in [6.45, 7) is 2.33. The second-order valence-electron chi connectivity index (χ2n) is 3.56. The van der Waals surface area contributed by atoms with Crippen LogP contribution in [0.3, 0.4) is 0 Å². The van der Waals surface area contributed by atoms with Crippen molar-refractivity contribution in [2.75, 3.05) is 0 Å². The summed E-state index contributed by atoms with van der Waals surface area (Å²) >= 11 is 0. The molecular formula is C10H12N4O3. The molecule has 0 saturated carbocycles. The van der Waals surface area contributed by atoms with Crippen LogP contribution in [0, 0.1) is 0 Å². The van der Waals surface area contributed by atoms with Crippen molar-refractivity contribution in [3.05, 3.63) is 29.7 Å². The van der Waals surface area contributed by atoms with Gasteiger partial charge in [0.2, 0.25) is 5.89 Å². The van der Waals surface area contributed by atoms with Crippen LogP contribution >= 0.6 is 0 Å². The van der Waals surface area contributed by atoms with E-state index in [0.717, 1.165) is 12.8 Å². The molecule has 90 valence electrons. The lowest BCUT2D eigenvalue weighted by atomic mass is 10.3. The fourth-order valence-corrected chi connectivity index (χ4v) is 1.38. The average Bonchev–Trinajstić information content (AvgIpc) is 2.89. The number of hydrogen-bond donors (Lipinski definition) is 1. The largest absolute Gasteiger partial charge is 0.476 e. The fourth-order valence-electron chi connectivity index (χ4n) is 1.38. The molecule has 0 aromatic carbocycles. The Morgan fingerprint density at radius 1 is 1.59 bits per heavy atom. The van der Waals surface area contributed by atoms with Crippen LogP contribution in [0.5, 0.6) is 0 Å². The molecule has 7 nitrogen and oxygen atoms in total. The van der Waals surface area contributed by atoms with Crippen LogP contribution < -0.4 is 0 Å². The molecule has 0 unspecified atom stereocenters. The third-order valence-electron chi connectivity index (χ3n) is 2.14. The fraction of sp³-hybridized carbons (Fsp3) is 0.400. The highest BCUT2D eigenvalue weighted by molar-refractivity contribution is 5.84. The van der Waals surface area contributed by atoms with Crippen molar-refractivity contribution < 1.29 is 14.4 Å². The van der Waals surface area contributed by atoms with Crippen molar-refractivity contribution in [1.82, 2.24) is 19.9 Å². The molecule has 0 radical (unpaired) electrons. The maximum Gasteiger partial charge on any atom is 0.356 e. The number of carboxylic acids is 1. The van der Waals surface area contributed by atoms with Gasteiger partial charge in [0, 0.05) is 12.6 Å². The lowest BCUT2D eigenvalue weighted by molar-refractivity contribution is 0.0689. The van der Waals surface area contributed by atoms with Gasteiger partial charge in [0.1, 0.15) is 6.54 Å². The summed E-state index contributed by atoms with van der Waals surface area (Å²) in [5, 5.41) is 16.4. The van der Waals surface area contributed by atoms with Crippen LogP contribution in [0.4, 0.5) is 0 Å². The van der Waals surface area contributed by atoms with Crippen molar-refractivity contribution in [3.8, 4) is 0 Å². The molecule has 0 amide bonds. The second-order valence-corrected chi connectivity index (χ2v) is 3.56. The summed E-state index contributed by atoms with van der Waals surface area (Å²) in [6, 6.07) is 1.43. The molecule has 0 fully saturated rings. The topological polar surface area (TPSA) is 94.0 Å². The minimum atomic E-state index is -1.05. The Hall–Kier alpha value is -2.18. The highest BCUT2D eigenvalue weighted by atomic mass is 16.5. The molecule has 0 aliphatic heterocycles. The Kier molecular flexibility index (Phi) is 3.17. The van der Waals surface area contributed by atoms with Crippen LogP contribution in [-0.2, 0) is 13.0 Å². The van der Waals surface area contributed by atoms with Gasteiger partial charge in [0.15, 0.2) is 11.5 Å². The number of carbonyl (C=O) groups is 1. The van der Waals surface area contributed by atoms with E-state index in [1.165, 1.54) is 10.7 Å². The normalized spacial score (nSPS) is 10.6. The van der Waals surface area contributed by atoms with Gasteiger partial charge < -0.3 is 9.63 Å². The summed E-state index contributed by atoms with van der Waals surface area (Å²) in [5.41, 5.74) is 0.00211. The molecule has 0 aliphatic rings. The molecule has 0 spiro atoms. The minimum absolute atomic E-state index is 0.00211. The molecule has 0 saturated heterocycles. The van der Waals surface area contributed by atoms with Crippen LogP contribution in [0.2, 0.25) is 0 Å². The molecule has 2 rings (SSSR count). The number of nitrogens with zero attached hydrogens (tertiary/aromatic N) is 4. The zero-order chi connectivity index (χ0) is 12.3. The minimum Gasteiger partial charge on any atom is -0.476 e. The smallest absolute Gasteiger partial charge is 0.356 e. The first-order valence-electron chi connectivity index (χ1n) is 5.27. The SMILES string of the molecule is CCCc1nc(Cn2ccc(C(=O)O)n2)no1. The van der Waals surface area contributed by atoms with Gasteiger partial charge in [-0.3, -0.25) is 4.68 Å². The van der Waals surface area contributed by atoms with Crippen molar-refractivity contribution in [3.63, 3.8) is 0 Å². The predicted molar refractivity (Wildman–Crippen MR) is 56.6 cm³/mol. The highest BCUT2D eigenvalue weighted by Crippen LogP contribution is 2.03. The zero-order valence-corrected chi connectivity index (χ0v) is 9.33. The van der Waals surface area contributed by atoms with E-state index in [-0.39, 0.29) is 5.69 Å². The second kappa shape index (κ2) is 4.77. The lowest BCUT2D eigenvalue weighted by Gasteiger charge is -1.94. The first-order chi connectivity index (χ1) is 8.19. The van der Waals surface area contributed by atoms with E-state index >= 15 is 0 Å². The molecule has 0 aliphatic carbocycles. The summed E-state index contributed by atoms with van der Waals surface area (Å²) in [4.78, 5) is 14.8. The number of rotatable bonds is 5. The maximum atomic E-state index is 10.6. The van der Waals surface area contributed by atoms with Gasteiger partial charge in [-0.05, 0) is 12.5 Å². The Morgan fingerprint density at radius 3 is 3.06 bits per heavy atom. The number of aryl methyl sites for hydroxylation is 1. The van der Waals surface area contributed by atoms with E-state index in [1.54, 1.807) is 6.20 Å².